The van der Waals surface area contributed by atoms with E-state index in [-0.39, 0.29) is 5.97 Å². The summed E-state index contributed by atoms with van der Waals surface area (Å²) in [5.74, 6) is -0.153. The number of carbonyl (C=O) groups is 1. The Morgan fingerprint density at radius 1 is 0.786 bits per heavy atom. The van der Waals surface area contributed by atoms with E-state index >= 15 is 0 Å². The van der Waals surface area contributed by atoms with Gasteiger partial charge in [0.2, 0.25) is 0 Å². The zero-order valence-electron chi connectivity index (χ0n) is 17.2. The smallest absolute Gasteiger partial charge is 0.466 e. The number of ether oxygens (including phenoxy) is 1. The number of hydrogen-bond donors (Lipinski definition) is 1. The zero-order valence-corrected chi connectivity index (χ0v) is 18.0. The second kappa shape index (κ2) is 18.2. The highest BCUT2D eigenvalue weighted by atomic mass is 32.2. The maximum Gasteiger partial charge on any atom is 0.522 e. The molecule has 0 spiro atoms. The predicted molar refractivity (Wildman–Crippen MR) is 105 cm³/mol. The van der Waals surface area contributed by atoms with Crippen molar-refractivity contribution >= 4 is 16.1 Å². The Kier molecular flexibility index (Phi) is 19.1. The van der Waals surface area contributed by atoms with Crippen molar-refractivity contribution in [2.75, 3.05) is 6.61 Å². The van der Waals surface area contributed by atoms with E-state index in [0.29, 0.717) is 6.61 Å². The van der Waals surface area contributed by atoms with Crippen molar-refractivity contribution < 1.29 is 35.7 Å². The van der Waals surface area contributed by atoms with Crippen molar-refractivity contribution in [3.05, 3.63) is 0 Å². The van der Waals surface area contributed by atoms with E-state index in [0.717, 1.165) is 6.42 Å². The number of alkyl halides is 3. The standard InChI is InChI=1S/C18H36O2.CHF3O3S/c1-3-4-5-6-7-8-9-10-11-12-13-14-15-16-17-20-18(2)19;2-1(3,4)8(5,6)7/h3-17H2,1-2H3;(H,5,6,7). The lowest BCUT2D eigenvalue weighted by Crippen LogP contribution is -2.21. The Labute approximate surface area is 168 Å². The Morgan fingerprint density at radius 2 is 1.07 bits per heavy atom. The molecular weight excluding hydrogens is 397 g/mol. The van der Waals surface area contributed by atoms with E-state index < -0.39 is 15.6 Å². The average molecular weight is 435 g/mol. The van der Waals surface area contributed by atoms with Gasteiger partial charge in [-0.15, -0.1) is 0 Å². The molecule has 0 atom stereocenters. The molecule has 9 heteroatoms. The van der Waals surface area contributed by atoms with Gasteiger partial charge in [-0.25, -0.2) is 0 Å². The minimum Gasteiger partial charge on any atom is -0.466 e. The molecule has 0 saturated carbocycles. The van der Waals surface area contributed by atoms with Crippen LogP contribution in [0.2, 0.25) is 0 Å². The number of carbonyl (C=O) groups excluding carboxylic acids is 1. The van der Waals surface area contributed by atoms with Crippen LogP contribution in [-0.2, 0) is 19.6 Å². The molecule has 0 aliphatic carbocycles. The first-order valence-electron chi connectivity index (χ1n) is 10.2. The Morgan fingerprint density at radius 3 is 1.32 bits per heavy atom. The van der Waals surface area contributed by atoms with Gasteiger partial charge in [-0.1, -0.05) is 90.4 Å². The van der Waals surface area contributed by atoms with Gasteiger partial charge < -0.3 is 4.74 Å². The second-order valence-corrected chi connectivity index (χ2v) is 8.27. The van der Waals surface area contributed by atoms with Gasteiger partial charge in [0.1, 0.15) is 0 Å². The number of rotatable bonds is 15. The summed E-state index contributed by atoms with van der Waals surface area (Å²) in [5.41, 5.74) is -5.53. The first-order valence-corrected chi connectivity index (χ1v) is 11.6. The molecule has 0 amide bonds. The van der Waals surface area contributed by atoms with E-state index in [1.807, 2.05) is 0 Å². The van der Waals surface area contributed by atoms with Gasteiger partial charge in [0.15, 0.2) is 0 Å². The van der Waals surface area contributed by atoms with Gasteiger partial charge in [-0.3, -0.25) is 9.35 Å². The van der Waals surface area contributed by atoms with Crippen LogP contribution in [0, 0.1) is 0 Å². The molecule has 28 heavy (non-hydrogen) atoms. The summed E-state index contributed by atoms with van der Waals surface area (Å²) in [7, 11) is -5.84. The van der Waals surface area contributed by atoms with Crippen molar-refractivity contribution in [1.82, 2.24) is 0 Å². The fourth-order valence-electron chi connectivity index (χ4n) is 2.51. The first-order chi connectivity index (χ1) is 13.0. The van der Waals surface area contributed by atoms with Crippen LogP contribution in [0.5, 0.6) is 0 Å². The molecule has 0 rings (SSSR count). The molecule has 170 valence electrons. The summed E-state index contributed by atoms with van der Waals surface area (Å²) >= 11 is 0. The van der Waals surface area contributed by atoms with Gasteiger partial charge in [0.25, 0.3) is 0 Å². The molecular formula is C19H37F3O5S. The Bertz CT molecular complexity index is 465. The summed E-state index contributed by atoms with van der Waals surface area (Å²) in [6.45, 7) is 4.35. The van der Waals surface area contributed by atoms with Gasteiger partial charge in [0.05, 0.1) is 6.61 Å². The molecule has 5 nitrogen and oxygen atoms in total. The number of halogens is 3. The van der Waals surface area contributed by atoms with Crippen LogP contribution in [0.3, 0.4) is 0 Å². The molecule has 0 aromatic heterocycles. The van der Waals surface area contributed by atoms with Crippen molar-refractivity contribution in [3.8, 4) is 0 Å². The van der Waals surface area contributed by atoms with Crippen molar-refractivity contribution in [1.29, 1.82) is 0 Å². The molecule has 0 unspecified atom stereocenters. The number of unbranched alkanes of at least 4 members (excludes halogenated alkanes) is 13. The van der Waals surface area contributed by atoms with Gasteiger partial charge in [-0.2, -0.15) is 21.6 Å². The molecule has 0 bridgehead atoms. The highest BCUT2D eigenvalue weighted by Gasteiger charge is 2.44. The van der Waals surface area contributed by atoms with Crippen LogP contribution in [0.1, 0.15) is 104 Å². The van der Waals surface area contributed by atoms with Crippen LogP contribution < -0.4 is 0 Å². The van der Waals surface area contributed by atoms with Gasteiger partial charge in [-0.05, 0) is 6.42 Å². The molecule has 0 heterocycles. The summed E-state index contributed by atoms with van der Waals surface area (Å²) in [6, 6.07) is 0. The van der Waals surface area contributed by atoms with Crippen LogP contribution in [0.4, 0.5) is 13.2 Å². The third kappa shape index (κ3) is 23.2. The quantitative estimate of drug-likeness (QED) is 0.139. The molecule has 0 aliphatic rings. The van der Waals surface area contributed by atoms with Crippen LogP contribution in [0.25, 0.3) is 0 Å². The van der Waals surface area contributed by atoms with E-state index in [4.69, 9.17) is 17.7 Å². The van der Waals surface area contributed by atoms with E-state index in [2.05, 4.69) is 6.92 Å². The highest BCUT2D eigenvalue weighted by Crippen LogP contribution is 2.20. The maximum absolute atomic E-state index is 10.7. The largest absolute Gasteiger partial charge is 0.522 e. The minimum atomic E-state index is -5.84. The molecule has 1 N–H and O–H groups in total. The average Bonchev–Trinajstić information content (AvgIpc) is 2.57. The lowest BCUT2D eigenvalue weighted by atomic mass is 10.0. The number of hydrogen-bond acceptors (Lipinski definition) is 4. The van der Waals surface area contributed by atoms with Crippen molar-refractivity contribution in [3.63, 3.8) is 0 Å². The van der Waals surface area contributed by atoms with Gasteiger partial charge in [0, 0.05) is 6.92 Å². The van der Waals surface area contributed by atoms with E-state index in [1.165, 1.54) is 90.4 Å². The summed E-state index contributed by atoms with van der Waals surface area (Å²) in [4.78, 5) is 10.6. The molecule has 0 fully saturated rings. The molecule has 0 saturated heterocycles. The van der Waals surface area contributed by atoms with Crippen molar-refractivity contribution in [2.24, 2.45) is 0 Å². The fraction of sp³-hybridized carbons (Fsp3) is 0.947. The molecule has 0 aromatic rings. The van der Waals surface area contributed by atoms with Crippen molar-refractivity contribution in [2.45, 2.75) is 109 Å². The molecule has 0 radical (unpaired) electrons. The van der Waals surface area contributed by atoms with Crippen LogP contribution >= 0.6 is 0 Å². The summed E-state index contributed by atoms with van der Waals surface area (Å²) in [6.07, 6.45) is 19.0. The topological polar surface area (TPSA) is 80.7 Å². The third-order valence-electron chi connectivity index (χ3n) is 4.10. The second-order valence-electron chi connectivity index (χ2n) is 6.86. The van der Waals surface area contributed by atoms with E-state index in [9.17, 15) is 18.0 Å². The molecule has 0 aromatic carbocycles. The normalized spacial score (nSPS) is 11.6. The van der Waals surface area contributed by atoms with Crippen LogP contribution in [0.15, 0.2) is 0 Å². The Hall–Kier alpha value is -0.830. The highest BCUT2D eigenvalue weighted by molar-refractivity contribution is 7.86. The third-order valence-corrected chi connectivity index (χ3v) is 4.68. The summed E-state index contributed by atoms with van der Waals surface area (Å²) in [5, 5.41) is 0. The van der Waals surface area contributed by atoms with Gasteiger partial charge >= 0.3 is 21.6 Å². The SMILES string of the molecule is CCCCCCCCCCCCCCCCOC(C)=O.O=S(=O)(O)C(F)(F)F. The summed E-state index contributed by atoms with van der Waals surface area (Å²) < 4.78 is 62.5. The predicted octanol–water partition coefficient (Wildman–Crippen LogP) is 6.42. The van der Waals surface area contributed by atoms with Crippen LogP contribution in [-0.4, -0.2) is 31.1 Å². The Balaban J connectivity index is 0. The van der Waals surface area contributed by atoms with E-state index in [1.54, 1.807) is 0 Å². The molecule has 0 aliphatic heterocycles. The zero-order chi connectivity index (χ0) is 21.9. The fourth-order valence-corrected chi connectivity index (χ4v) is 2.51. The lowest BCUT2D eigenvalue weighted by Gasteiger charge is -2.03. The number of esters is 1. The first kappa shape index (κ1) is 29.4. The minimum absolute atomic E-state index is 0.153. The maximum atomic E-state index is 10.7. The monoisotopic (exact) mass is 434 g/mol. The lowest BCUT2D eigenvalue weighted by molar-refractivity contribution is -0.141.